The van der Waals surface area contributed by atoms with Crippen molar-refractivity contribution in [2.45, 2.75) is 25.4 Å². The van der Waals surface area contributed by atoms with E-state index in [4.69, 9.17) is 15.1 Å². The van der Waals surface area contributed by atoms with Crippen molar-refractivity contribution < 1.29 is 4.42 Å². The van der Waals surface area contributed by atoms with Gasteiger partial charge in [0, 0.05) is 30.8 Å². The summed E-state index contributed by atoms with van der Waals surface area (Å²) in [6.45, 7) is 1.63. The van der Waals surface area contributed by atoms with Crippen LogP contribution in [0.2, 0.25) is 0 Å². The average Bonchev–Trinajstić information content (AvgIpc) is 3.26. The molecule has 7 nitrogen and oxygen atoms in total. The van der Waals surface area contributed by atoms with E-state index in [0.717, 1.165) is 30.5 Å². The lowest BCUT2D eigenvalue weighted by atomic mass is 10.1. The van der Waals surface area contributed by atoms with E-state index in [1.165, 1.54) is 0 Å². The van der Waals surface area contributed by atoms with Crippen LogP contribution >= 0.6 is 0 Å². The standard InChI is InChI=1S/C25H23N5O2/c26-14-18-9-4-5-10-19(18)15-30-24(31)23-21(13-22(32-23)17-7-2-1-3-8-17)28-25(30)29-12-6-11-20(27)16-29/h1-5,7-10,13,20H,6,11-12,15-16,27H2/t20-/m1/s1. The fraction of sp³-hybridized carbons (Fsp3) is 0.240. The Balaban J connectivity index is 1.68. The third-order valence-electron chi connectivity index (χ3n) is 5.88. The Hall–Kier alpha value is -3.89. The summed E-state index contributed by atoms with van der Waals surface area (Å²) in [6.07, 6.45) is 1.88. The second-order valence-electron chi connectivity index (χ2n) is 8.11. The van der Waals surface area contributed by atoms with Gasteiger partial charge in [0.25, 0.3) is 5.56 Å². The number of hydrogen-bond donors (Lipinski definition) is 1. The van der Waals surface area contributed by atoms with Gasteiger partial charge in [-0.2, -0.15) is 5.26 Å². The number of benzene rings is 2. The maximum Gasteiger partial charge on any atom is 0.298 e. The second kappa shape index (κ2) is 8.33. The lowest BCUT2D eigenvalue weighted by Gasteiger charge is -2.32. The van der Waals surface area contributed by atoms with Crippen LogP contribution in [0.4, 0.5) is 5.95 Å². The fourth-order valence-corrected chi connectivity index (χ4v) is 4.26. The molecule has 2 aromatic heterocycles. The van der Waals surface area contributed by atoms with Gasteiger partial charge in [-0.05, 0) is 24.5 Å². The summed E-state index contributed by atoms with van der Waals surface area (Å²) in [5, 5.41) is 9.52. The fourth-order valence-electron chi connectivity index (χ4n) is 4.26. The molecule has 1 atom stereocenters. The molecule has 0 aliphatic carbocycles. The van der Waals surface area contributed by atoms with Crippen molar-refractivity contribution in [3.05, 3.63) is 82.1 Å². The minimum absolute atomic E-state index is 0.0282. The first-order valence-corrected chi connectivity index (χ1v) is 10.7. The molecule has 1 fully saturated rings. The maximum atomic E-state index is 13.6. The van der Waals surface area contributed by atoms with Crippen LogP contribution in [0.3, 0.4) is 0 Å². The number of anilines is 1. The quantitative estimate of drug-likeness (QED) is 0.537. The van der Waals surface area contributed by atoms with Crippen molar-refractivity contribution in [1.82, 2.24) is 9.55 Å². The lowest BCUT2D eigenvalue weighted by Crippen LogP contribution is -2.45. The van der Waals surface area contributed by atoms with Crippen LogP contribution in [-0.4, -0.2) is 28.7 Å². The molecule has 7 heteroatoms. The normalized spacial score (nSPS) is 16.2. The number of furan rings is 1. The van der Waals surface area contributed by atoms with E-state index in [1.807, 2.05) is 54.6 Å². The van der Waals surface area contributed by atoms with Crippen molar-refractivity contribution in [2.75, 3.05) is 18.0 Å². The predicted molar refractivity (Wildman–Crippen MR) is 123 cm³/mol. The van der Waals surface area contributed by atoms with E-state index in [2.05, 4.69) is 11.0 Å². The summed E-state index contributed by atoms with van der Waals surface area (Å²) in [6, 6.07) is 21.0. The molecular weight excluding hydrogens is 402 g/mol. The molecule has 0 saturated carbocycles. The Bertz CT molecular complexity index is 1370. The van der Waals surface area contributed by atoms with Gasteiger partial charge in [-0.1, -0.05) is 48.5 Å². The molecule has 1 aliphatic rings. The van der Waals surface area contributed by atoms with E-state index in [-0.39, 0.29) is 23.7 Å². The summed E-state index contributed by atoms with van der Waals surface area (Å²) in [5.41, 5.74) is 8.87. The molecule has 1 saturated heterocycles. The number of rotatable bonds is 4. The summed E-state index contributed by atoms with van der Waals surface area (Å²) in [4.78, 5) is 20.5. The van der Waals surface area contributed by atoms with Crippen LogP contribution < -0.4 is 16.2 Å². The highest BCUT2D eigenvalue weighted by molar-refractivity contribution is 5.79. The highest BCUT2D eigenvalue weighted by atomic mass is 16.3. The Morgan fingerprint density at radius 3 is 2.72 bits per heavy atom. The highest BCUT2D eigenvalue weighted by Gasteiger charge is 2.24. The lowest BCUT2D eigenvalue weighted by molar-refractivity contribution is 0.491. The minimum Gasteiger partial charge on any atom is -0.449 e. The van der Waals surface area contributed by atoms with Crippen molar-refractivity contribution in [3.8, 4) is 17.4 Å². The molecule has 0 unspecified atom stereocenters. The van der Waals surface area contributed by atoms with Gasteiger partial charge >= 0.3 is 0 Å². The van der Waals surface area contributed by atoms with E-state index in [0.29, 0.717) is 29.3 Å². The van der Waals surface area contributed by atoms with Crippen molar-refractivity contribution >= 4 is 17.0 Å². The summed E-state index contributed by atoms with van der Waals surface area (Å²) in [5.74, 6) is 1.16. The molecule has 1 aliphatic heterocycles. The molecule has 2 aromatic carbocycles. The number of nitrogens with two attached hydrogens (primary N) is 1. The molecule has 0 bridgehead atoms. The van der Waals surface area contributed by atoms with Crippen LogP contribution in [0.1, 0.15) is 24.0 Å². The summed E-state index contributed by atoms with van der Waals surface area (Å²) >= 11 is 0. The topological polar surface area (TPSA) is 101 Å². The first-order chi connectivity index (χ1) is 15.6. The molecule has 4 aromatic rings. The highest BCUT2D eigenvalue weighted by Crippen LogP contribution is 2.27. The first-order valence-electron chi connectivity index (χ1n) is 10.7. The minimum atomic E-state index is -0.265. The maximum absolute atomic E-state index is 13.6. The summed E-state index contributed by atoms with van der Waals surface area (Å²) < 4.78 is 7.59. The average molecular weight is 425 g/mol. The van der Waals surface area contributed by atoms with Crippen LogP contribution in [0.15, 0.2) is 69.9 Å². The molecule has 5 rings (SSSR count). The molecule has 0 amide bonds. The van der Waals surface area contributed by atoms with Crippen LogP contribution in [-0.2, 0) is 6.54 Å². The van der Waals surface area contributed by atoms with Crippen molar-refractivity contribution in [1.29, 1.82) is 5.26 Å². The Morgan fingerprint density at radius 2 is 1.94 bits per heavy atom. The molecule has 3 heterocycles. The number of nitrogens with zero attached hydrogens (tertiary/aromatic N) is 4. The van der Waals surface area contributed by atoms with Gasteiger partial charge in [0.15, 0.2) is 0 Å². The van der Waals surface area contributed by atoms with Gasteiger partial charge in [0.1, 0.15) is 11.3 Å². The SMILES string of the molecule is N#Cc1ccccc1Cn1c(N2CCC[C@@H](N)C2)nc2cc(-c3ccccc3)oc2c1=O. The predicted octanol–water partition coefficient (Wildman–Crippen LogP) is 3.50. The smallest absolute Gasteiger partial charge is 0.298 e. The van der Waals surface area contributed by atoms with Gasteiger partial charge in [-0.25, -0.2) is 4.98 Å². The second-order valence-corrected chi connectivity index (χ2v) is 8.11. The molecular formula is C25H23N5O2. The number of piperidine rings is 1. The van der Waals surface area contributed by atoms with Gasteiger partial charge in [0.05, 0.1) is 18.2 Å². The van der Waals surface area contributed by atoms with E-state index in [9.17, 15) is 10.1 Å². The monoisotopic (exact) mass is 425 g/mol. The third kappa shape index (κ3) is 3.66. The van der Waals surface area contributed by atoms with Crippen LogP contribution in [0.25, 0.3) is 22.4 Å². The zero-order chi connectivity index (χ0) is 22.1. The van der Waals surface area contributed by atoms with Gasteiger partial charge < -0.3 is 15.1 Å². The summed E-state index contributed by atoms with van der Waals surface area (Å²) in [7, 11) is 0. The van der Waals surface area contributed by atoms with Crippen molar-refractivity contribution in [3.63, 3.8) is 0 Å². The Kier molecular flexibility index (Phi) is 5.21. The largest absolute Gasteiger partial charge is 0.449 e. The van der Waals surface area contributed by atoms with Crippen molar-refractivity contribution in [2.24, 2.45) is 5.73 Å². The zero-order valence-corrected chi connectivity index (χ0v) is 17.6. The molecule has 0 spiro atoms. The van der Waals surface area contributed by atoms with Gasteiger partial charge in [-0.3, -0.25) is 9.36 Å². The van der Waals surface area contributed by atoms with Gasteiger partial charge in [-0.15, -0.1) is 0 Å². The Morgan fingerprint density at radius 1 is 1.16 bits per heavy atom. The van der Waals surface area contributed by atoms with E-state index in [1.54, 1.807) is 10.6 Å². The number of fused-ring (bicyclic) bond motifs is 1. The third-order valence-corrected chi connectivity index (χ3v) is 5.88. The van der Waals surface area contributed by atoms with Gasteiger partial charge in [0.2, 0.25) is 11.5 Å². The van der Waals surface area contributed by atoms with E-state index < -0.39 is 0 Å². The molecule has 2 N–H and O–H groups in total. The molecule has 0 radical (unpaired) electrons. The van der Waals surface area contributed by atoms with E-state index >= 15 is 0 Å². The molecule has 32 heavy (non-hydrogen) atoms. The Labute approximate surface area is 185 Å². The van der Waals surface area contributed by atoms with Crippen LogP contribution in [0, 0.1) is 11.3 Å². The van der Waals surface area contributed by atoms with Crippen LogP contribution in [0.5, 0.6) is 0 Å². The number of aromatic nitrogens is 2. The molecule has 160 valence electrons. The first kappa shape index (κ1) is 20.0. The number of nitriles is 1. The number of hydrogen-bond acceptors (Lipinski definition) is 6. The zero-order valence-electron chi connectivity index (χ0n) is 17.6.